The van der Waals surface area contributed by atoms with Crippen LogP contribution in [0.1, 0.15) is 16.2 Å². The average Bonchev–Trinajstić information content (AvgIpc) is 2.44. The summed E-state index contributed by atoms with van der Waals surface area (Å²) in [6.07, 6.45) is 0. The molecule has 1 heterocycles. The first-order valence-corrected chi connectivity index (χ1v) is 5.07. The Balaban J connectivity index is 3.20. The first-order valence-electron chi connectivity index (χ1n) is 3.96. The van der Waals surface area contributed by atoms with Gasteiger partial charge in [-0.15, -0.1) is 0 Å². The molecule has 1 aromatic heterocycles. The zero-order chi connectivity index (χ0) is 11.6. The van der Waals surface area contributed by atoms with E-state index in [0.29, 0.717) is 5.69 Å². The molecular weight excluding hydrogens is 222 g/mol. The van der Waals surface area contributed by atoms with Gasteiger partial charge in [0.05, 0.1) is 12.8 Å². The molecule has 0 aliphatic carbocycles. The summed E-state index contributed by atoms with van der Waals surface area (Å²) in [5.74, 6) is -0.661. The predicted octanol–water partition coefficient (Wildman–Crippen LogP) is 0.0637. The van der Waals surface area contributed by atoms with E-state index in [2.05, 4.69) is 14.6 Å². The maximum absolute atomic E-state index is 11.3. The highest BCUT2D eigenvalue weighted by Crippen LogP contribution is 2.20. The smallest absolute Gasteiger partial charge is 0.360 e. The van der Waals surface area contributed by atoms with Gasteiger partial charge in [0.1, 0.15) is 5.69 Å². The van der Waals surface area contributed by atoms with Gasteiger partial charge in [-0.25, -0.2) is 9.00 Å². The lowest BCUT2D eigenvalue weighted by Gasteiger charge is -2.01. The summed E-state index contributed by atoms with van der Waals surface area (Å²) < 4.78 is 27.4. The van der Waals surface area contributed by atoms with Gasteiger partial charge in [-0.3, -0.25) is 14.0 Å². The fraction of sp³-hybridized carbons (Fsp3) is 0.429. The number of esters is 1. The van der Waals surface area contributed by atoms with Crippen LogP contribution in [0.3, 0.4) is 0 Å². The van der Waals surface area contributed by atoms with E-state index >= 15 is 0 Å². The Morgan fingerprint density at radius 2 is 2.27 bits per heavy atom. The van der Waals surface area contributed by atoms with Crippen LogP contribution in [0.2, 0.25) is 0 Å². The molecule has 1 atom stereocenters. The molecule has 0 aliphatic heterocycles. The number of rotatable bonds is 3. The number of hydrogen-bond donors (Lipinski definition) is 2. The molecule has 1 unspecified atom stereocenters. The van der Waals surface area contributed by atoms with Crippen LogP contribution < -0.4 is 4.72 Å². The third-order valence-electron chi connectivity index (χ3n) is 1.90. The molecule has 0 aromatic carbocycles. The van der Waals surface area contributed by atoms with Gasteiger partial charge in [-0.05, 0) is 6.92 Å². The van der Waals surface area contributed by atoms with Crippen LogP contribution in [0.15, 0.2) is 0 Å². The summed E-state index contributed by atoms with van der Waals surface area (Å²) in [6.45, 7) is 1.66. The van der Waals surface area contributed by atoms with Crippen LogP contribution in [-0.4, -0.2) is 31.6 Å². The van der Waals surface area contributed by atoms with Gasteiger partial charge in [-0.1, -0.05) is 0 Å². The molecule has 0 saturated carbocycles. The van der Waals surface area contributed by atoms with Crippen LogP contribution >= 0.6 is 0 Å². The van der Waals surface area contributed by atoms with Crippen molar-refractivity contribution in [3.05, 3.63) is 11.4 Å². The summed E-state index contributed by atoms with van der Waals surface area (Å²) in [5.41, 5.74) is 0.753. The van der Waals surface area contributed by atoms with Crippen molar-refractivity contribution < 1.29 is 18.3 Å². The summed E-state index contributed by atoms with van der Waals surface area (Å²) in [6, 6.07) is 0. The van der Waals surface area contributed by atoms with E-state index in [1.807, 2.05) is 0 Å². The second-order valence-corrected chi connectivity index (χ2v) is 3.48. The van der Waals surface area contributed by atoms with Crippen molar-refractivity contribution >= 4 is 22.9 Å². The third-order valence-corrected chi connectivity index (χ3v) is 2.28. The number of methoxy groups -OCH3 is 1. The Morgan fingerprint density at radius 1 is 1.67 bits per heavy atom. The van der Waals surface area contributed by atoms with E-state index in [4.69, 9.17) is 4.55 Å². The highest BCUT2D eigenvalue weighted by Gasteiger charge is 2.21. The third kappa shape index (κ3) is 2.34. The van der Waals surface area contributed by atoms with Crippen molar-refractivity contribution in [1.82, 2.24) is 9.78 Å². The zero-order valence-electron chi connectivity index (χ0n) is 8.47. The molecule has 0 bridgehead atoms. The van der Waals surface area contributed by atoms with Crippen LogP contribution in [0.5, 0.6) is 0 Å². The van der Waals surface area contributed by atoms with E-state index in [1.54, 1.807) is 14.0 Å². The fourth-order valence-corrected chi connectivity index (χ4v) is 1.48. The maximum atomic E-state index is 11.3. The number of nitrogens with zero attached hydrogens (tertiary/aromatic N) is 2. The van der Waals surface area contributed by atoms with E-state index in [-0.39, 0.29) is 11.4 Å². The van der Waals surface area contributed by atoms with Gasteiger partial charge in [0.25, 0.3) is 11.3 Å². The summed E-state index contributed by atoms with van der Waals surface area (Å²) >= 11 is -2.25. The number of carbonyl (C=O) groups is 1. The Kier molecular flexibility index (Phi) is 3.43. The molecule has 0 saturated heterocycles. The minimum absolute atomic E-state index is 0.0140. The number of aromatic nitrogens is 2. The van der Waals surface area contributed by atoms with Crippen molar-refractivity contribution in [3.8, 4) is 0 Å². The monoisotopic (exact) mass is 233 g/mol. The summed E-state index contributed by atoms with van der Waals surface area (Å²) in [4.78, 5) is 11.3. The lowest BCUT2D eigenvalue weighted by Crippen LogP contribution is -2.09. The van der Waals surface area contributed by atoms with Crippen LogP contribution in [-0.2, 0) is 23.1 Å². The highest BCUT2D eigenvalue weighted by atomic mass is 32.2. The van der Waals surface area contributed by atoms with Crippen molar-refractivity contribution in [3.63, 3.8) is 0 Å². The van der Waals surface area contributed by atoms with Gasteiger partial charge in [0.15, 0.2) is 5.69 Å². The first kappa shape index (κ1) is 11.7. The first-order chi connectivity index (χ1) is 6.97. The number of aryl methyl sites for hydroxylation is 1. The van der Waals surface area contributed by atoms with E-state index < -0.39 is 17.2 Å². The number of carbonyl (C=O) groups excluding carboxylic acids is 1. The molecule has 15 heavy (non-hydrogen) atoms. The molecule has 8 heteroatoms. The SMILES string of the molecule is COC(=O)c1nn(C)c(C)c1NS(=O)O. The summed E-state index contributed by atoms with van der Waals surface area (Å²) in [7, 11) is 2.83. The van der Waals surface area contributed by atoms with Gasteiger partial charge in [-0.2, -0.15) is 5.10 Å². The molecule has 7 nitrogen and oxygen atoms in total. The average molecular weight is 233 g/mol. The highest BCUT2D eigenvalue weighted by molar-refractivity contribution is 7.80. The Bertz CT molecular complexity index is 415. The van der Waals surface area contributed by atoms with Crippen LogP contribution in [0.25, 0.3) is 0 Å². The van der Waals surface area contributed by atoms with Gasteiger partial charge >= 0.3 is 5.97 Å². The van der Waals surface area contributed by atoms with Crippen molar-refractivity contribution in [2.45, 2.75) is 6.92 Å². The maximum Gasteiger partial charge on any atom is 0.360 e. The largest absolute Gasteiger partial charge is 0.464 e. The number of ether oxygens (including phenoxy) is 1. The molecule has 84 valence electrons. The number of anilines is 1. The fourth-order valence-electron chi connectivity index (χ4n) is 1.06. The quantitative estimate of drug-likeness (QED) is 0.569. The van der Waals surface area contributed by atoms with Gasteiger partial charge in [0.2, 0.25) is 0 Å². The standard InChI is InChI=1S/C7H11N3O4S/c1-4-5(9-15(12)13)6(7(11)14-3)8-10(4)2/h9H,1-3H3,(H,12,13). The normalized spacial score (nSPS) is 12.3. The van der Waals surface area contributed by atoms with Crippen LogP contribution in [0.4, 0.5) is 5.69 Å². The van der Waals surface area contributed by atoms with E-state index in [1.165, 1.54) is 11.8 Å². The number of nitrogens with one attached hydrogen (secondary N) is 1. The predicted molar refractivity (Wildman–Crippen MR) is 53.7 cm³/mol. The molecule has 0 spiro atoms. The molecule has 2 N–H and O–H groups in total. The number of hydrogen-bond acceptors (Lipinski definition) is 4. The second-order valence-electron chi connectivity index (χ2n) is 2.78. The molecule has 0 amide bonds. The molecule has 0 aliphatic rings. The molecule has 0 radical (unpaired) electrons. The van der Waals surface area contributed by atoms with Gasteiger partial charge in [0, 0.05) is 7.05 Å². The lowest BCUT2D eigenvalue weighted by molar-refractivity contribution is 0.0594. The van der Waals surface area contributed by atoms with E-state index in [0.717, 1.165) is 0 Å². The Hall–Kier alpha value is -1.41. The molecule has 1 aromatic rings. The molecular formula is C7H11N3O4S. The van der Waals surface area contributed by atoms with Gasteiger partial charge < -0.3 is 4.74 Å². The minimum atomic E-state index is -2.25. The molecule has 1 rings (SSSR count). The second kappa shape index (κ2) is 4.41. The zero-order valence-corrected chi connectivity index (χ0v) is 9.29. The Labute approximate surface area is 88.8 Å². The topological polar surface area (TPSA) is 93.5 Å². The minimum Gasteiger partial charge on any atom is -0.464 e. The molecule has 0 fully saturated rings. The Morgan fingerprint density at radius 3 is 2.73 bits per heavy atom. The van der Waals surface area contributed by atoms with Crippen molar-refractivity contribution in [2.24, 2.45) is 7.05 Å². The lowest BCUT2D eigenvalue weighted by atomic mass is 10.3. The van der Waals surface area contributed by atoms with E-state index in [9.17, 15) is 9.00 Å². The van der Waals surface area contributed by atoms with Crippen LogP contribution in [0, 0.1) is 6.92 Å². The summed E-state index contributed by atoms with van der Waals surface area (Å²) in [5, 5.41) is 3.87. The van der Waals surface area contributed by atoms with Crippen molar-refractivity contribution in [1.29, 1.82) is 0 Å². The van der Waals surface area contributed by atoms with Crippen molar-refractivity contribution in [2.75, 3.05) is 11.8 Å².